The highest BCUT2D eigenvalue weighted by molar-refractivity contribution is 5.22. The Morgan fingerprint density at radius 2 is 1.53 bits per heavy atom. The van der Waals surface area contributed by atoms with Crippen molar-refractivity contribution in [1.82, 2.24) is 5.32 Å². The van der Waals surface area contributed by atoms with Crippen LogP contribution in [-0.2, 0) is 13.0 Å². The van der Waals surface area contributed by atoms with Crippen LogP contribution in [0, 0.1) is 5.92 Å². The Morgan fingerprint density at radius 1 is 0.947 bits per heavy atom. The van der Waals surface area contributed by atoms with Crippen LogP contribution in [0.4, 0.5) is 0 Å². The third-order valence-electron chi connectivity index (χ3n) is 4.12. The summed E-state index contributed by atoms with van der Waals surface area (Å²) in [5, 5.41) is 3.74. The van der Waals surface area contributed by atoms with Gasteiger partial charge in [0.25, 0.3) is 0 Å². The van der Waals surface area contributed by atoms with Crippen LogP contribution in [-0.4, -0.2) is 6.04 Å². The molecule has 1 aromatic rings. The van der Waals surface area contributed by atoms with Gasteiger partial charge in [0.05, 0.1) is 0 Å². The third kappa shape index (κ3) is 5.36. The third-order valence-corrected chi connectivity index (χ3v) is 4.12. The van der Waals surface area contributed by atoms with Crippen LogP contribution < -0.4 is 5.32 Å². The molecule has 0 aromatic heterocycles. The van der Waals surface area contributed by atoms with E-state index in [0.717, 1.165) is 18.5 Å². The van der Waals surface area contributed by atoms with Crippen molar-refractivity contribution in [1.29, 1.82) is 0 Å². The summed E-state index contributed by atoms with van der Waals surface area (Å²) in [6.07, 6.45) is 9.60. The van der Waals surface area contributed by atoms with Crippen LogP contribution >= 0.6 is 0 Å². The minimum atomic E-state index is 0.745. The van der Waals surface area contributed by atoms with Gasteiger partial charge < -0.3 is 5.32 Å². The molecule has 106 valence electrons. The summed E-state index contributed by atoms with van der Waals surface area (Å²) in [7, 11) is 0. The minimum absolute atomic E-state index is 0.745. The summed E-state index contributed by atoms with van der Waals surface area (Å²) in [4.78, 5) is 0. The molecule has 1 aliphatic carbocycles. The highest BCUT2D eigenvalue weighted by Gasteiger charge is 2.11. The maximum Gasteiger partial charge on any atom is 0.0208 e. The Balaban J connectivity index is 1.78. The molecule has 1 heteroatoms. The zero-order valence-corrected chi connectivity index (χ0v) is 12.6. The van der Waals surface area contributed by atoms with Crippen molar-refractivity contribution in [2.45, 2.75) is 71.4 Å². The van der Waals surface area contributed by atoms with Crippen LogP contribution in [0.25, 0.3) is 0 Å². The van der Waals surface area contributed by atoms with E-state index in [1.807, 2.05) is 0 Å². The fraction of sp³-hybridized carbons (Fsp3) is 0.667. The Kier molecular flexibility index (Phi) is 5.91. The lowest BCUT2D eigenvalue weighted by atomic mass is 10.0. The molecule has 0 heterocycles. The van der Waals surface area contributed by atoms with Gasteiger partial charge in [-0.15, -0.1) is 0 Å². The molecular weight excluding hydrogens is 230 g/mol. The largest absolute Gasteiger partial charge is 0.310 e. The first-order valence-electron chi connectivity index (χ1n) is 8.05. The maximum absolute atomic E-state index is 3.74. The van der Waals surface area contributed by atoms with E-state index in [1.165, 1.54) is 56.1 Å². The quantitative estimate of drug-likeness (QED) is 0.756. The molecule has 0 amide bonds. The van der Waals surface area contributed by atoms with Gasteiger partial charge in [0.1, 0.15) is 0 Å². The van der Waals surface area contributed by atoms with Gasteiger partial charge in [0, 0.05) is 12.6 Å². The van der Waals surface area contributed by atoms with Crippen molar-refractivity contribution in [3.63, 3.8) is 0 Å². The van der Waals surface area contributed by atoms with Gasteiger partial charge in [-0.1, -0.05) is 63.8 Å². The molecule has 0 aliphatic heterocycles. The van der Waals surface area contributed by atoms with E-state index in [0.29, 0.717) is 0 Å². The monoisotopic (exact) mass is 259 g/mol. The molecule has 0 unspecified atom stereocenters. The summed E-state index contributed by atoms with van der Waals surface area (Å²) in [5.41, 5.74) is 2.89. The fourth-order valence-electron chi connectivity index (χ4n) is 3.01. The Bertz CT molecular complexity index is 344. The zero-order valence-electron chi connectivity index (χ0n) is 12.6. The van der Waals surface area contributed by atoms with E-state index in [-0.39, 0.29) is 0 Å². The topological polar surface area (TPSA) is 12.0 Å². The van der Waals surface area contributed by atoms with Gasteiger partial charge in [0.2, 0.25) is 0 Å². The average molecular weight is 259 g/mol. The van der Waals surface area contributed by atoms with Crippen molar-refractivity contribution in [2.24, 2.45) is 5.92 Å². The van der Waals surface area contributed by atoms with Crippen molar-refractivity contribution < 1.29 is 0 Å². The SMILES string of the molecule is CC(C)Cc1ccc(CNC2CCCCCC2)cc1. The Hall–Kier alpha value is -0.820. The normalized spacial score (nSPS) is 17.6. The zero-order chi connectivity index (χ0) is 13.5. The second-order valence-electron chi connectivity index (χ2n) is 6.48. The standard InChI is InChI=1S/C18H29N/c1-15(2)13-16-9-11-17(12-10-16)14-19-18-7-5-3-4-6-8-18/h9-12,15,18-19H,3-8,13-14H2,1-2H3. The van der Waals surface area contributed by atoms with Gasteiger partial charge in [-0.25, -0.2) is 0 Å². The van der Waals surface area contributed by atoms with E-state index >= 15 is 0 Å². The second-order valence-corrected chi connectivity index (χ2v) is 6.48. The Morgan fingerprint density at radius 3 is 2.11 bits per heavy atom. The van der Waals surface area contributed by atoms with E-state index in [1.54, 1.807) is 0 Å². The van der Waals surface area contributed by atoms with E-state index in [2.05, 4.69) is 43.4 Å². The molecule has 1 aliphatic rings. The van der Waals surface area contributed by atoms with Gasteiger partial charge in [-0.2, -0.15) is 0 Å². The van der Waals surface area contributed by atoms with E-state index in [9.17, 15) is 0 Å². The summed E-state index contributed by atoms with van der Waals surface area (Å²) in [6, 6.07) is 9.93. The van der Waals surface area contributed by atoms with Crippen molar-refractivity contribution in [3.8, 4) is 0 Å². The van der Waals surface area contributed by atoms with Crippen LogP contribution in [0.3, 0.4) is 0 Å². The van der Waals surface area contributed by atoms with Crippen LogP contribution in [0.1, 0.15) is 63.5 Å². The van der Waals surface area contributed by atoms with Crippen LogP contribution in [0.2, 0.25) is 0 Å². The minimum Gasteiger partial charge on any atom is -0.310 e. The van der Waals surface area contributed by atoms with Crippen LogP contribution in [0.5, 0.6) is 0 Å². The predicted molar refractivity (Wildman–Crippen MR) is 83.3 cm³/mol. The summed E-state index contributed by atoms with van der Waals surface area (Å²) >= 11 is 0. The smallest absolute Gasteiger partial charge is 0.0208 e. The lowest BCUT2D eigenvalue weighted by molar-refractivity contribution is 0.459. The van der Waals surface area contributed by atoms with Gasteiger partial charge in [-0.05, 0) is 36.3 Å². The highest BCUT2D eigenvalue weighted by atomic mass is 14.9. The first-order chi connectivity index (χ1) is 9.24. The number of hydrogen-bond acceptors (Lipinski definition) is 1. The molecule has 0 spiro atoms. The number of hydrogen-bond donors (Lipinski definition) is 1. The Labute approximate surface area is 118 Å². The number of benzene rings is 1. The number of nitrogens with one attached hydrogen (secondary N) is 1. The number of rotatable bonds is 5. The summed E-state index contributed by atoms with van der Waals surface area (Å²) in [6.45, 7) is 5.59. The molecule has 0 bridgehead atoms. The van der Waals surface area contributed by atoms with Gasteiger partial charge >= 0.3 is 0 Å². The van der Waals surface area contributed by atoms with Crippen molar-refractivity contribution in [3.05, 3.63) is 35.4 Å². The molecule has 0 radical (unpaired) electrons. The predicted octanol–water partition coefficient (Wildman–Crippen LogP) is 4.70. The van der Waals surface area contributed by atoms with E-state index in [4.69, 9.17) is 0 Å². The van der Waals surface area contributed by atoms with Crippen molar-refractivity contribution in [2.75, 3.05) is 0 Å². The molecule has 1 fully saturated rings. The van der Waals surface area contributed by atoms with E-state index < -0.39 is 0 Å². The molecule has 2 rings (SSSR count). The molecule has 1 aromatic carbocycles. The average Bonchev–Trinajstić information content (AvgIpc) is 2.66. The molecule has 1 saturated carbocycles. The molecule has 0 atom stereocenters. The molecule has 1 N–H and O–H groups in total. The summed E-state index contributed by atoms with van der Waals surface area (Å²) < 4.78 is 0. The summed E-state index contributed by atoms with van der Waals surface area (Å²) in [5.74, 6) is 0.745. The maximum atomic E-state index is 3.74. The second kappa shape index (κ2) is 7.69. The molecular formula is C18H29N. The van der Waals surface area contributed by atoms with Gasteiger partial charge in [-0.3, -0.25) is 0 Å². The molecule has 1 nitrogen and oxygen atoms in total. The first kappa shape index (κ1) is 14.6. The van der Waals surface area contributed by atoms with Crippen molar-refractivity contribution >= 4 is 0 Å². The first-order valence-corrected chi connectivity index (χ1v) is 8.05. The van der Waals surface area contributed by atoms with Crippen LogP contribution in [0.15, 0.2) is 24.3 Å². The fourth-order valence-corrected chi connectivity index (χ4v) is 3.01. The lowest BCUT2D eigenvalue weighted by Crippen LogP contribution is -2.27. The molecule has 0 saturated heterocycles. The highest BCUT2D eigenvalue weighted by Crippen LogP contribution is 2.18. The lowest BCUT2D eigenvalue weighted by Gasteiger charge is -2.16. The van der Waals surface area contributed by atoms with Gasteiger partial charge in [0.15, 0.2) is 0 Å². The molecule has 19 heavy (non-hydrogen) atoms.